The molecule has 2 aromatic rings. The standard InChI is InChI=1S/C21H22Cl2N4O2S/c1-27(12-19(29)25-20-15(22)6-4-7-16(20)23)10-9-18(28)26-21-14(11-24)13-5-2-3-8-17(13)30-21/h4,6-7H,2-3,5,8-10,12H2,1H3,(H,25,29)(H,26,28). The van der Waals surface area contributed by atoms with Gasteiger partial charge in [-0.05, 0) is 50.4 Å². The highest BCUT2D eigenvalue weighted by molar-refractivity contribution is 7.16. The molecule has 1 aliphatic carbocycles. The van der Waals surface area contributed by atoms with E-state index in [-0.39, 0.29) is 24.8 Å². The van der Waals surface area contributed by atoms with Gasteiger partial charge in [-0.25, -0.2) is 0 Å². The summed E-state index contributed by atoms with van der Waals surface area (Å²) in [5, 5.41) is 16.4. The van der Waals surface area contributed by atoms with Crippen molar-refractivity contribution < 1.29 is 9.59 Å². The fraction of sp³-hybridized carbons (Fsp3) is 0.381. The minimum Gasteiger partial charge on any atom is -0.322 e. The van der Waals surface area contributed by atoms with E-state index in [1.807, 2.05) is 0 Å². The average molecular weight is 465 g/mol. The molecule has 0 unspecified atom stereocenters. The minimum atomic E-state index is -0.273. The Morgan fingerprint density at radius 2 is 1.87 bits per heavy atom. The number of amides is 2. The van der Waals surface area contributed by atoms with E-state index in [0.717, 1.165) is 31.2 Å². The molecular weight excluding hydrogens is 443 g/mol. The molecule has 158 valence electrons. The smallest absolute Gasteiger partial charge is 0.238 e. The summed E-state index contributed by atoms with van der Waals surface area (Å²) in [5.41, 5.74) is 2.08. The average Bonchev–Trinajstić information content (AvgIpc) is 3.06. The summed E-state index contributed by atoms with van der Waals surface area (Å²) in [5.74, 6) is -0.447. The molecule has 9 heteroatoms. The van der Waals surface area contributed by atoms with E-state index in [4.69, 9.17) is 23.2 Å². The minimum absolute atomic E-state index is 0.0889. The molecule has 0 radical (unpaired) electrons. The van der Waals surface area contributed by atoms with Crippen LogP contribution < -0.4 is 10.6 Å². The number of hydrogen-bond acceptors (Lipinski definition) is 5. The highest BCUT2D eigenvalue weighted by Crippen LogP contribution is 2.37. The maximum atomic E-state index is 12.4. The number of benzene rings is 1. The van der Waals surface area contributed by atoms with Crippen LogP contribution in [0.2, 0.25) is 10.0 Å². The van der Waals surface area contributed by atoms with Crippen molar-refractivity contribution in [3.05, 3.63) is 44.2 Å². The van der Waals surface area contributed by atoms with Gasteiger partial charge in [0.15, 0.2) is 0 Å². The lowest BCUT2D eigenvalue weighted by atomic mass is 9.96. The number of nitrogens with zero attached hydrogens (tertiary/aromatic N) is 2. The summed E-state index contributed by atoms with van der Waals surface area (Å²) in [6, 6.07) is 7.24. The lowest BCUT2D eigenvalue weighted by Gasteiger charge is -2.16. The number of thiophene rings is 1. The quantitative estimate of drug-likeness (QED) is 0.621. The van der Waals surface area contributed by atoms with E-state index in [9.17, 15) is 14.9 Å². The molecule has 0 spiro atoms. The number of halogens is 2. The number of nitrogens with one attached hydrogen (secondary N) is 2. The van der Waals surface area contributed by atoms with Crippen molar-refractivity contribution in [2.45, 2.75) is 32.1 Å². The predicted octanol–water partition coefficient (Wildman–Crippen LogP) is 4.70. The number of anilines is 2. The zero-order chi connectivity index (χ0) is 21.7. The summed E-state index contributed by atoms with van der Waals surface area (Å²) in [6.45, 7) is 0.480. The van der Waals surface area contributed by atoms with Crippen molar-refractivity contribution in [3.8, 4) is 6.07 Å². The summed E-state index contributed by atoms with van der Waals surface area (Å²) in [6.07, 6.45) is 4.29. The third-order valence-corrected chi connectivity index (χ3v) is 6.73. The molecule has 1 aromatic heterocycles. The van der Waals surface area contributed by atoms with Crippen LogP contribution in [0.4, 0.5) is 10.7 Å². The van der Waals surface area contributed by atoms with Crippen molar-refractivity contribution in [2.24, 2.45) is 0 Å². The number of carbonyl (C=O) groups excluding carboxylic acids is 2. The van der Waals surface area contributed by atoms with Gasteiger partial charge in [0.05, 0.1) is 27.8 Å². The Morgan fingerprint density at radius 3 is 2.57 bits per heavy atom. The van der Waals surface area contributed by atoms with Gasteiger partial charge in [-0.2, -0.15) is 5.26 Å². The van der Waals surface area contributed by atoms with Gasteiger partial charge in [-0.3, -0.25) is 14.5 Å². The first-order valence-electron chi connectivity index (χ1n) is 9.66. The number of para-hydroxylation sites is 1. The summed E-state index contributed by atoms with van der Waals surface area (Å²) in [7, 11) is 1.76. The number of fused-ring (bicyclic) bond motifs is 1. The normalized spacial score (nSPS) is 12.9. The molecule has 0 aliphatic heterocycles. The molecule has 3 rings (SSSR count). The fourth-order valence-electron chi connectivity index (χ4n) is 3.37. The Bertz CT molecular complexity index is 979. The van der Waals surface area contributed by atoms with Gasteiger partial charge in [-0.15, -0.1) is 11.3 Å². The van der Waals surface area contributed by atoms with E-state index in [1.54, 1.807) is 30.1 Å². The molecule has 0 atom stereocenters. The van der Waals surface area contributed by atoms with E-state index >= 15 is 0 Å². The van der Waals surface area contributed by atoms with E-state index in [0.29, 0.717) is 32.8 Å². The lowest BCUT2D eigenvalue weighted by Crippen LogP contribution is -2.32. The van der Waals surface area contributed by atoms with Gasteiger partial charge in [0.25, 0.3) is 0 Å². The van der Waals surface area contributed by atoms with Crippen molar-refractivity contribution in [1.82, 2.24) is 4.90 Å². The molecule has 0 saturated heterocycles. The molecule has 0 bridgehead atoms. The van der Waals surface area contributed by atoms with Gasteiger partial charge in [0, 0.05) is 17.8 Å². The topological polar surface area (TPSA) is 85.2 Å². The zero-order valence-electron chi connectivity index (χ0n) is 16.6. The van der Waals surface area contributed by atoms with Crippen LogP contribution >= 0.6 is 34.5 Å². The zero-order valence-corrected chi connectivity index (χ0v) is 18.9. The SMILES string of the molecule is CN(CCC(=O)Nc1sc2c(c1C#N)CCCC2)CC(=O)Nc1c(Cl)cccc1Cl. The Labute approximate surface area is 189 Å². The molecule has 30 heavy (non-hydrogen) atoms. The van der Waals surface area contributed by atoms with Crippen LogP contribution in [0.5, 0.6) is 0 Å². The van der Waals surface area contributed by atoms with Crippen molar-refractivity contribution in [2.75, 3.05) is 30.8 Å². The van der Waals surface area contributed by atoms with Gasteiger partial charge in [0.2, 0.25) is 11.8 Å². The van der Waals surface area contributed by atoms with Crippen LogP contribution in [-0.4, -0.2) is 36.9 Å². The monoisotopic (exact) mass is 464 g/mol. The second-order valence-electron chi connectivity index (χ2n) is 7.21. The highest BCUT2D eigenvalue weighted by Gasteiger charge is 2.22. The van der Waals surface area contributed by atoms with Crippen LogP contribution in [-0.2, 0) is 22.4 Å². The fourth-order valence-corrected chi connectivity index (χ4v) is 5.12. The predicted molar refractivity (Wildman–Crippen MR) is 122 cm³/mol. The third-order valence-electron chi connectivity index (χ3n) is 4.90. The van der Waals surface area contributed by atoms with Crippen molar-refractivity contribution in [3.63, 3.8) is 0 Å². The van der Waals surface area contributed by atoms with Crippen molar-refractivity contribution >= 4 is 57.0 Å². The molecule has 6 nitrogen and oxygen atoms in total. The molecule has 0 saturated carbocycles. The van der Waals surface area contributed by atoms with E-state index < -0.39 is 0 Å². The maximum Gasteiger partial charge on any atom is 0.238 e. The number of hydrogen-bond donors (Lipinski definition) is 2. The molecule has 2 amide bonds. The molecule has 2 N–H and O–H groups in total. The highest BCUT2D eigenvalue weighted by atomic mass is 35.5. The second kappa shape index (κ2) is 10.3. The van der Waals surface area contributed by atoms with Crippen LogP contribution in [0.3, 0.4) is 0 Å². The number of nitriles is 1. The molecule has 0 fully saturated rings. The van der Waals surface area contributed by atoms with Gasteiger partial charge < -0.3 is 10.6 Å². The number of aryl methyl sites for hydroxylation is 1. The van der Waals surface area contributed by atoms with E-state index in [2.05, 4.69) is 16.7 Å². The van der Waals surface area contributed by atoms with Gasteiger partial charge >= 0.3 is 0 Å². The lowest BCUT2D eigenvalue weighted by molar-refractivity contribution is -0.119. The molecule has 1 heterocycles. The first kappa shape index (κ1) is 22.6. The van der Waals surface area contributed by atoms with Gasteiger partial charge in [0.1, 0.15) is 11.1 Å². The third kappa shape index (κ3) is 5.52. The number of rotatable bonds is 7. The maximum absolute atomic E-state index is 12.4. The Kier molecular flexibility index (Phi) is 7.73. The first-order chi connectivity index (χ1) is 14.4. The Hall–Kier alpha value is -2.11. The van der Waals surface area contributed by atoms with E-state index in [1.165, 1.54) is 16.2 Å². The van der Waals surface area contributed by atoms with Gasteiger partial charge in [-0.1, -0.05) is 29.3 Å². The number of carbonyl (C=O) groups is 2. The van der Waals surface area contributed by atoms with Crippen LogP contribution in [0.1, 0.15) is 35.3 Å². The summed E-state index contributed by atoms with van der Waals surface area (Å²) >= 11 is 13.6. The Balaban J connectivity index is 1.50. The van der Waals surface area contributed by atoms with Crippen molar-refractivity contribution in [1.29, 1.82) is 5.26 Å². The van der Waals surface area contributed by atoms with Crippen LogP contribution in [0, 0.1) is 11.3 Å². The summed E-state index contributed by atoms with van der Waals surface area (Å²) in [4.78, 5) is 27.6. The first-order valence-corrected chi connectivity index (χ1v) is 11.2. The Morgan fingerprint density at radius 1 is 1.17 bits per heavy atom. The molecule has 1 aromatic carbocycles. The largest absolute Gasteiger partial charge is 0.322 e. The number of likely N-dealkylation sites (N-methyl/N-ethyl adjacent to an activating group) is 1. The second-order valence-corrected chi connectivity index (χ2v) is 9.13. The molecule has 1 aliphatic rings. The molecular formula is C21H22Cl2N4O2S. The summed E-state index contributed by atoms with van der Waals surface area (Å²) < 4.78 is 0. The van der Waals surface area contributed by atoms with Crippen LogP contribution in [0.15, 0.2) is 18.2 Å². The van der Waals surface area contributed by atoms with Crippen LogP contribution in [0.25, 0.3) is 0 Å².